The Labute approximate surface area is 136 Å². The molecule has 0 spiro atoms. The second kappa shape index (κ2) is 5.64. The third-order valence-electron chi connectivity index (χ3n) is 3.08. The zero-order valence-corrected chi connectivity index (χ0v) is 12.5. The monoisotopic (exact) mass is 355 g/mol. The van der Waals surface area contributed by atoms with Crippen molar-refractivity contribution in [1.29, 1.82) is 0 Å². The molecule has 2 N–H and O–H groups in total. The molecule has 0 aliphatic carbocycles. The van der Waals surface area contributed by atoms with Crippen LogP contribution in [0.2, 0.25) is 0 Å². The number of phenolic OH excluding ortho intramolecular Hbond substituents is 1. The van der Waals surface area contributed by atoms with Crippen LogP contribution >= 0.6 is 11.3 Å². The van der Waals surface area contributed by atoms with Crippen molar-refractivity contribution < 1.29 is 28.2 Å². The van der Waals surface area contributed by atoms with E-state index in [9.17, 15) is 23.1 Å². The second-order valence-corrected chi connectivity index (χ2v) is 5.52. The van der Waals surface area contributed by atoms with Crippen LogP contribution < -0.4 is 0 Å². The zero-order chi connectivity index (χ0) is 17.5. The lowest BCUT2D eigenvalue weighted by Gasteiger charge is -2.09. The number of carbonyl (C=O) groups is 1. The SMILES string of the molecule is O=C(O)c1cnn(-c2nc(-c3cccc(O)c3)cs2)c1C(F)(F)F. The Bertz CT molecular complexity index is 917. The summed E-state index contributed by atoms with van der Waals surface area (Å²) in [5.74, 6) is -1.73. The molecule has 0 unspecified atom stereocenters. The Kier molecular flexibility index (Phi) is 3.76. The number of carboxylic acids is 1. The molecule has 0 radical (unpaired) electrons. The van der Waals surface area contributed by atoms with Crippen LogP contribution in [0, 0.1) is 0 Å². The van der Waals surface area contributed by atoms with Crippen molar-refractivity contribution in [2.24, 2.45) is 0 Å². The van der Waals surface area contributed by atoms with Gasteiger partial charge in [0.15, 0.2) is 5.69 Å². The second-order valence-electron chi connectivity index (χ2n) is 4.69. The van der Waals surface area contributed by atoms with Crippen molar-refractivity contribution in [3.05, 3.63) is 47.1 Å². The highest BCUT2D eigenvalue weighted by Crippen LogP contribution is 2.35. The summed E-state index contributed by atoms with van der Waals surface area (Å²) < 4.78 is 40.0. The van der Waals surface area contributed by atoms with Gasteiger partial charge in [0.1, 0.15) is 11.3 Å². The van der Waals surface area contributed by atoms with E-state index < -0.39 is 23.4 Å². The molecule has 0 saturated heterocycles. The summed E-state index contributed by atoms with van der Waals surface area (Å²) in [4.78, 5) is 15.0. The van der Waals surface area contributed by atoms with Gasteiger partial charge in [0, 0.05) is 10.9 Å². The van der Waals surface area contributed by atoms with Crippen molar-refractivity contribution in [2.75, 3.05) is 0 Å². The predicted octanol–water partition coefficient (Wildman–Crippen LogP) is 3.42. The fraction of sp³-hybridized carbons (Fsp3) is 0.0714. The molecule has 3 rings (SSSR count). The quantitative estimate of drug-likeness (QED) is 0.752. The highest BCUT2D eigenvalue weighted by atomic mass is 32.1. The molecule has 24 heavy (non-hydrogen) atoms. The van der Waals surface area contributed by atoms with Crippen LogP contribution in [0.4, 0.5) is 13.2 Å². The molecule has 2 aromatic heterocycles. The Balaban J connectivity index is 2.10. The van der Waals surface area contributed by atoms with Gasteiger partial charge in [-0.1, -0.05) is 12.1 Å². The number of rotatable bonds is 3. The molecule has 0 amide bonds. The number of nitrogens with zero attached hydrogens (tertiary/aromatic N) is 3. The highest BCUT2D eigenvalue weighted by Gasteiger charge is 2.41. The number of phenols is 1. The largest absolute Gasteiger partial charge is 0.508 e. The summed E-state index contributed by atoms with van der Waals surface area (Å²) in [5, 5.41) is 23.2. The van der Waals surface area contributed by atoms with Crippen molar-refractivity contribution >= 4 is 17.3 Å². The van der Waals surface area contributed by atoms with E-state index in [2.05, 4.69) is 10.1 Å². The van der Waals surface area contributed by atoms with Gasteiger partial charge in [-0.25, -0.2) is 14.5 Å². The van der Waals surface area contributed by atoms with Crippen molar-refractivity contribution in [2.45, 2.75) is 6.18 Å². The average Bonchev–Trinajstić information content (AvgIpc) is 3.13. The van der Waals surface area contributed by atoms with E-state index in [1.165, 1.54) is 17.5 Å². The van der Waals surface area contributed by atoms with Gasteiger partial charge in [-0.2, -0.15) is 18.3 Å². The topological polar surface area (TPSA) is 88.2 Å². The number of benzene rings is 1. The van der Waals surface area contributed by atoms with Crippen LogP contribution in [0.15, 0.2) is 35.8 Å². The molecule has 0 aliphatic heterocycles. The molecular weight excluding hydrogens is 347 g/mol. The van der Waals surface area contributed by atoms with Crippen molar-refractivity contribution in [1.82, 2.24) is 14.8 Å². The molecule has 0 aliphatic rings. The van der Waals surface area contributed by atoms with Crippen LogP contribution in [-0.2, 0) is 6.18 Å². The van der Waals surface area contributed by atoms with Gasteiger partial charge >= 0.3 is 12.1 Å². The molecular formula is C14H8F3N3O3S. The van der Waals surface area contributed by atoms with Gasteiger partial charge in [0.2, 0.25) is 5.13 Å². The van der Waals surface area contributed by atoms with Crippen LogP contribution in [0.25, 0.3) is 16.4 Å². The number of carboxylic acid groups (broad SMARTS) is 1. The summed E-state index contributed by atoms with van der Waals surface area (Å²) in [7, 11) is 0. The molecule has 3 aromatic rings. The minimum Gasteiger partial charge on any atom is -0.508 e. The van der Waals surface area contributed by atoms with Gasteiger partial charge in [-0.15, -0.1) is 11.3 Å². The summed E-state index contributed by atoms with van der Waals surface area (Å²) in [6.45, 7) is 0. The first-order valence-corrected chi connectivity index (χ1v) is 7.29. The molecule has 1 aromatic carbocycles. The van der Waals surface area contributed by atoms with Gasteiger partial charge in [0.25, 0.3) is 0 Å². The van der Waals surface area contributed by atoms with Gasteiger partial charge in [-0.05, 0) is 12.1 Å². The van der Waals surface area contributed by atoms with Gasteiger partial charge < -0.3 is 10.2 Å². The minimum absolute atomic E-state index is 0.00900. The number of alkyl halides is 3. The maximum absolute atomic E-state index is 13.2. The van der Waals surface area contributed by atoms with Crippen LogP contribution in [-0.4, -0.2) is 30.9 Å². The maximum atomic E-state index is 13.2. The summed E-state index contributed by atoms with van der Waals surface area (Å²) in [6, 6.07) is 6.07. The third-order valence-corrected chi connectivity index (χ3v) is 3.90. The molecule has 2 heterocycles. The first kappa shape index (κ1) is 16.0. The molecule has 10 heteroatoms. The Morgan fingerprint density at radius 1 is 1.29 bits per heavy atom. The van der Waals surface area contributed by atoms with E-state index >= 15 is 0 Å². The third kappa shape index (κ3) is 2.83. The Morgan fingerprint density at radius 2 is 2.04 bits per heavy atom. The lowest BCUT2D eigenvalue weighted by molar-refractivity contribution is -0.143. The fourth-order valence-corrected chi connectivity index (χ4v) is 2.88. The van der Waals surface area contributed by atoms with E-state index in [0.29, 0.717) is 22.1 Å². The first-order valence-electron chi connectivity index (χ1n) is 6.41. The van der Waals surface area contributed by atoms with Gasteiger partial charge in [-0.3, -0.25) is 0 Å². The number of aromatic hydroxyl groups is 1. The molecule has 0 fully saturated rings. The predicted molar refractivity (Wildman–Crippen MR) is 78.3 cm³/mol. The number of aromatic carboxylic acids is 1. The summed E-state index contributed by atoms with van der Waals surface area (Å²) in [5.41, 5.74) is -1.49. The van der Waals surface area contributed by atoms with Crippen molar-refractivity contribution in [3.63, 3.8) is 0 Å². The van der Waals surface area contributed by atoms with Crippen LogP contribution in [0.5, 0.6) is 5.75 Å². The number of aromatic nitrogens is 3. The molecule has 6 nitrogen and oxygen atoms in total. The van der Waals surface area contributed by atoms with E-state index in [0.717, 1.165) is 11.3 Å². The Morgan fingerprint density at radius 3 is 2.67 bits per heavy atom. The van der Waals surface area contributed by atoms with E-state index in [1.807, 2.05) is 0 Å². The highest BCUT2D eigenvalue weighted by molar-refractivity contribution is 7.12. The number of hydrogen-bond acceptors (Lipinski definition) is 5. The summed E-state index contributed by atoms with van der Waals surface area (Å²) in [6.07, 6.45) is -4.26. The van der Waals surface area contributed by atoms with E-state index in [1.54, 1.807) is 12.1 Å². The van der Waals surface area contributed by atoms with E-state index in [4.69, 9.17) is 5.11 Å². The molecule has 0 bridgehead atoms. The lowest BCUT2D eigenvalue weighted by Crippen LogP contribution is -2.17. The molecule has 124 valence electrons. The standard InChI is InChI=1S/C14H8F3N3O3S/c15-14(16,17)11-9(12(22)23)5-18-20(11)13-19-10(6-24-13)7-2-1-3-8(21)4-7/h1-6,21H,(H,22,23). The van der Waals surface area contributed by atoms with Gasteiger partial charge in [0.05, 0.1) is 11.9 Å². The van der Waals surface area contributed by atoms with E-state index in [-0.39, 0.29) is 10.9 Å². The smallest absolute Gasteiger partial charge is 0.434 e. The normalized spacial score (nSPS) is 11.6. The summed E-state index contributed by atoms with van der Waals surface area (Å²) >= 11 is 0.873. The molecule has 0 atom stereocenters. The fourth-order valence-electron chi connectivity index (χ4n) is 2.08. The maximum Gasteiger partial charge on any atom is 0.434 e. The number of thiazole rings is 1. The lowest BCUT2D eigenvalue weighted by atomic mass is 10.2. The average molecular weight is 355 g/mol. The Hall–Kier alpha value is -2.88. The van der Waals surface area contributed by atoms with Crippen molar-refractivity contribution in [3.8, 4) is 22.1 Å². The number of halogens is 3. The minimum atomic E-state index is -4.90. The zero-order valence-electron chi connectivity index (χ0n) is 11.7. The first-order chi connectivity index (χ1) is 11.3. The molecule has 0 saturated carbocycles. The van der Waals surface area contributed by atoms with Crippen LogP contribution in [0.1, 0.15) is 16.1 Å². The van der Waals surface area contributed by atoms with Crippen LogP contribution in [0.3, 0.4) is 0 Å². The number of hydrogen-bond donors (Lipinski definition) is 2.